The van der Waals surface area contributed by atoms with Crippen molar-refractivity contribution in [1.29, 1.82) is 5.26 Å². The van der Waals surface area contributed by atoms with Crippen LogP contribution in [-0.2, 0) is 32.5 Å². The Morgan fingerprint density at radius 2 is 0.728 bits per heavy atom. The van der Waals surface area contributed by atoms with Crippen molar-refractivity contribution in [2.45, 2.75) is 157 Å². The van der Waals surface area contributed by atoms with Gasteiger partial charge in [-0.3, -0.25) is 0 Å². The van der Waals surface area contributed by atoms with Gasteiger partial charge in [-0.1, -0.05) is 282 Å². The van der Waals surface area contributed by atoms with Gasteiger partial charge in [-0.15, -0.1) is 0 Å². The van der Waals surface area contributed by atoms with Gasteiger partial charge in [-0.05, 0) is 189 Å². The van der Waals surface area contributed by atoms with Crippen molar-refractivity contribution in [1.82, 2.24) is 9.13 Å². The highest BCUT2D eigenvalue weighted by molar-refractivity contribution is 7.00. The minimum Gasteiger partial charge on any atom is -0.310 e. The van der Waals surface area contributed by atoms with Crippen molar-refractivity contribution in [3.05, 3.63) is 281 Å². The third kappa shape index (κ3) is 11.3. The summed E-state index contributed by atoms with van der Waals surface area (Å²) in [5.41, 5.74) is 22.8. The Hall–Kier alpha value is -10.6. The summed E-state index contributed by atoms with van der Waals surface area (Å²) in [4.78, 5) is 4.84. The molecule has 510 valence electrons. The fourth-order valence-corrected chi connectivity index (χ4v) is 15.7. The first-order valence-electron chi connectivity index (χ1n) is 40.3. The second-order valence-corrected chi connectivity index (χ2v) is 34.9. The van der Waals surface area contributed by atoms with Crippen molar-refractivity contribution < 1.29 is 11.0 Å². The van der Waals surface area contributed by atoms with E-state index in [1.807, 2.05) is 12.1 Å². The molecule has 0 N–H and O–H groups in total. The number of fused-ring (bicyclic) bond motifs is 10. The quantitative estimate of drug-likeness (QED) is 0.149. The van der Waals surface area contributed by atoms with Gasteiger partial charge in [-0.2, -0.15) is 5.26 Å². The maximum absolute atomic E-state index is 12.0. The van der Waals surface area contributed by atoms with Crippen LogP contribution in [-0.4, -0.2) is 15.8 Å². The number of nitriles is 1. The first kappa shape index (κ1) is 58.0. The summed E-state index contributed by atoms with van der Waals surface area (Å²) < 4.78 is 79.9. The number of hydrogen-bond acceptors (Lipinski definition) is 3. The second kappa shape index (κ2) is 23.7. The first-order valence-corrected chi connectivity index (χ1v) is 36.3. The molecular formula is C97H94BN5. The van der Waals surface area contributed by atoms with Gasteiger partial charge >= 0.3 is 0 Å². The molecule has 14 aromatic rings. The zero-order valence-electron chi connectivity index (χ0n) is 70.8. The summed E-state index contributed by atoms with van der Waals surface area (Å²) in [6.07, 6.45) is 0. The maximum atomic E-state index is 12.0. The van der Waals surface area contributed by atoms with E-state index < -0.39 is 48.4 Å². The van der Waals surface area contributed by atoms with Crippen molar-refractivity contribution in [3.8, 4) is 50.8 Å². The van der Waals surface area contributed by atoms with Crippen LogP contribution >= 0.6 is 0 Å². The molecule has 2 aromatic heterocycles. The molecule has 0 radical (unpaired) electrons. The summed E-state index contributed by atoms with van der Waals surface area (Å²) in [6, 6.07) is 70.0. The lowest BCUT2D eigenvalue weighted by molar-refractivity contribution is 0.568. The van der Waals surface area contributed by atoms with E-state index in [1.54, 1.807) is 4.57 Å². The van der Waals surface area contributed by atoms with E-state index in [1.165, 1.54) is 22.3 Å². The van der Waals surface area contributed by atoms with E-state index in [-0.39, 0.29) is 61.0 Å². The van der Waals surface area contributed by atoms with E-state index in [0.29, 0.717) is 16.9 Å². The Morgan fingerprint density at radius 3 is 1.24 bits per heavy atom. The summed E-state index contributed by atoms with van der Waals surface area (Å²) in [7, 11) is 0. The zero-order valence-corrected chi connectivity index (χ0v) is 62.8. The van der Waals surface area contributed by atoms with Crippen molar-refractivity contribution in [2.24, 2.45) is 0 Å². The number of benzene rings is 12. The molecule has 0 bridgehead atoms. The van der Waals surface area contributed by atoms with Crippen LogP contribution in [0.1, 0.15) is 175 Å². The maximum Gasteiger partial charge on any atom is 0.252 e. The molecule has 2 aliphatic heterocycles. The van der Waals surface area contributed by atoms with Crippen molar-refractivity contribution >= 4 is 101 Å². The van der Waals surface area contributed by atoms with Crippen LogP contribution in [0, 0.1) is 11.3 Å². The Bertz CT molecular complexity index is 6160. The minimum absolute atomic E-state index is 0.000836. The summed E-state index contributed by atoms with van der Waals surface area (Å²) >= 11 is 0. The van der Waals surface area contributed by atoms with Crippen LogP contribution < -0.4 is 26.2 Å². The zero-order chi connectivity index (χ0) is 79.3. The number of rotatable bonds is 7. The highest BCUT2D eigenvalue weighted by Crippen LogP contribution is 2.55. The summed E-state index contributed by atoms with van der Waals surface area (Å²) in [5, 5.41) is 14.2. The fraction of sp³-hybridized carbons (Fsp3) is 0.247. The van der Waals surface area contributed by atoms with Gasteiger partial charge in [0.15, 0.2) is 0 Å². The Labute approximate surface area is 622 Å². The van der Waals surface area contributed by atoms with Crippen LogP contribution in [0.3, 0.4) is 0 Å². The lowest BCUT2D eigenvalue weighted by Gasteiger charge is -2.46. The second-order valence-electron chi connectivity index (χ2n) is 34.9. The molecule has 0 atom stereocenters. The molecule has 4 heterocycles. The largest absolute Gasteiger partial charge is 0.310 e. The predicted molar refractivity (Wildman–Crippen MR) is 442 cm³/mol. The predicted octanol–water partition coefficient (Wildman–Crippen LogP) is 24.6. The minimum atomic E-state index is -0.538. The molecule has 103 heavy (non-hydrogen) atoms. The van der Waals surface area contributed by atoms with Crippen molar-refractivity contribution in [3.63, 3.8) is 0 Å². The van der Waals surface area contributed by atoms with Crippen LogP contribution in [0.15, 0.2) is 242 Å². The topological polar surface area (TPSA) is 40.1 Å². The van der Waals surface area contributed by atoms with E-state index in [2.05, 4.69) is 327 Å². The highest BCUT2D eigenvalue weighted by atomic mass is 15.2. The lowest BCUT2D eigenvalue weighted by atomic mass is 9.33. The van der Waals surface area contributed by atoms with Gasteiger partial charge in [0.25, 0.3) is 6.71 Å². The SMILES string of the molecule is [2H]c1c([2H])c([2H])c2c(c1[2H])c1c([2H])c([2H])c([2H])c([2H])c1n2-c1ccc2c(c1)N(c1c(-c3ccccc3)cc(C(C)(C)C)cc1-c1cc(C(C)(C)C)cc(C(C)(C)C)c1)c1cc(C(C)(C)C)cc3c1B2c1ccc(-c2cc(C(C)(C)C)cc(C(C)(C)C)c2)cc1N3c1cc(-n2c3ccccc3c3ccccc32)ccc1C#N. The molecule has 5 nitrogen and oxygen atoms in total. The monoisotopic (exact) mass is 1350 g/mol. The number of aromatic nitrogens is 2. The normalized spacial score (nSPS) is 14.6. The molecule has 0 fully saturated rings. The molecular weight excluding hydrogens is 1250 g/mol. The van der Waals surface area contributed by atoms with E-state index >= 15 is 0 Å². The molecule has 0 aliphatic carbocycles. The smallest absolute Gasteiger partial charge is 0.252 e. The van der Waals surface area contributed by atoms with E-state index in [9.17, 15) is 13.5 Å². The third-order valence-corrected chi connectivity index (χ3v) is 21.7. The van der Waals surface area contributed by atoms with Crippen LogP contribution in [0.5, 0.6) is 0 Å². The van der Waals surface area contributed by atoms with Gasteiger partial charge < -0.3 is 18.9 Å². The van der Waals surface area contributed by atoms with E-state index in [4.69, 9.17) is 2.74 Å². The Morgan fingerprint density at radius 1 is 0.320 bits per heavy atom. The first-order chi connectivity index (χ1) is 52.1. The summed E-state index contributed by atoms with van der Waals surface area (Å²) in [6.45, 7) is 40.3. The van der Waals surface area contributed by atoms with Gasteiger partial charge in [0.1, 0.15) is 6.07 Å². The molecule has 0 saturated heterocycles. The van der Waals surface area contributed by atoms with Crippen molar-refractivity contribution in [2.75, 3.05) is 9.80 Å². The van der Waals surface area contributed by atoms with Crippen LogP contribution in [0.2, 0.25) is 0 Å². The molecule has 0 saturated carbocycles. The molecule has 12 aromatic carbocycles. The Balaban J connectivity index is 1.12. The number of para-hydroxylation sites is 4. The molecule has 0 spiro atoms. The van der Waals surface area contributed by atoms with Gasteiger partial charge in [0.2, 0.25) is 0 Å². The Kier molecular flexibility index (Phi) is 13.4. The summed E-state index contributed by atoms with van der Waals surface area (Å²) in [5.74, 6) is 0. The third-order valence-electron chi connectivity index (χ3n) is 21.7. The molecule has 2 aliphatic rings. The number of hydrogen-bond donors (Lipinski definition) is 0. The number of nitrogens with zero attached hydrogens (tertiary/aromatic N) is 5. The van der Waals surface area contributed by atoms with Gasteiger partial charge in [0, 0.05) is 66.8 Å². The van der Waals surface area contributed by atoms with Gasteiger partial charge in [-0.25, -0.2) is 0 Å². The molecule has 6 heteroatoms. The van der Waals surface area contributed by atoms with E-state index in [0.717, 1.165) is 117 Å². The average molecular weight is 1350 g/mol. The number of anilines is 6. The average Bonchev–Trinajstić information content (AvgIpc) is 1.61. The highest BCUT2D eigenvalue weighted by Gasteiger charge is 2.46. The van der Waals surface area contributed by atoms with Gasteiger partial charge in [0.05, 0.1) is 50.0 Å². The fourth-order valence-electron chi connectivity index (χ4n) is 15.7. The molecule has 0 unspecified atom stereocenters. The molecule has 16 rings (SSSR count). The van der Waals surface area contributed by atoms with Crippen LogP contribution in [0.25, 0.3) is 88.4 Å². The van der Waals surface area contributed by atoms with Crippen LogP contribution in [0.4, 0.5) is 34.1 Å². The standard InChI is InChI=1S/C97H94BN5/c1-92(2,3)65-46-63(47-66(51-65)93(4,5)6)61-41-44-79-86(50-61)102(85-57-71(42-40-62(85)59-99)100-81-36-26-22-32-73(81)74-33-23-27-37-82(74)100)88-55-70(97(16,17)18)56-89-90(88)98(79)80-45-43-72(101-83-38-28-24-34-75(83)76-35-25-29-39-84(76)101)58-87(80)103(89)91-77(60-30-20-19-21-31-60)53-69(96(13,14)15)54-78(91)64-48-67(94(7,8)9)52-68(49-64)95(10,11)12/h19-58H,1-18H3/i24D,25D,28D,29D,34D,35D,38D,39D. The molecule has 0 amide bonds. The lowest BCUT2D eigenvalue weighted by Crippen LogP contribution is -2.61.